The van der Waals surface area contributed by atoms with E-state index in [-0.39, 0.29) is 11.8 Å². The Labute approximate surface area is 199 Å². The number of nitrogens with zero attached hydrogens (tertiary/aromatic N) is 1. The van der Waals surface area contributed by atoms with E-state index < -0.39 is 6.04 Å². The average molecular weight is 506 g/mol. The summed E-state index contributed by atoms with van der Waals surface area (Å²) in [5.74, 6) is 1.46. The Morgan fingerprint density at radius 1 is 1.03 bits per heavy atom. The van der Waals surface area contributed by atoms with Crippen molar-refractivity contribution in [2.75, 3.05) is 18.8 Å². The highest BCUT2D eigenvalue weighted by molar-refractivity contribution is 9.10. The van der Waals surface area contributed by atoms with Crippen molar-refractivity contribution >= 4 is 39.5 Å². The predicted molar refractivity (Wildman–Crippen MR) is 134 cm³/mol. The Kier molecular flexibility index (Phi) is 11.2. The Bertz CT molecular complexity index is 812. The molecule has 2 aromatic rings. The number of hydrogen-bond donors (Lipinski definition) is 1. The fourth-order valence-corrected chi connectivity index (χ4v) is 4.37. The van der Waals surface area contributed by atoms with Gasteiger partial charge >= 0.3 is 0 Å². The number of amides is 2. The SMILES string of the molecule is CC[C@@H](C(=O)NCC(C)C)N(CCc1ccccc1)C(=O)CSCc1ccc(Br)cc1. The molecule has 0 unspecified atom stereocenters. The molecule has 0 bridgehead atoms. The quantitative estimate of drug-likeness (QED) is 0.426. The predicted octanol–water partition coefficient (Wildman–Crippen LogP) is 5.30. The monoisotopic (exact) mass is 504 g/mol. The van der Waals surface area contributed by atoms with E-state index in [0.717, 1.165) is 16.6 Å². The van der Waals surface area contributed by atoms with Gasteiger partial charge in [0.15, 0.2) is 0 Å². The minimum atomic E-state index is -0.441. The van der Waals surface area contributed by atoms with Crippen molar-refractivity contribution in [1.29, 1.82) is 0 Å². The highest BCUT2D eigenvalue weighted by Gasteiger charge is 2.28. The standard InChI is InChI=1S/C25H33BrN2O2S/c1-4-23(25(30)27-16-19(2)3)28(15-14-20-8-6-5-7-9-20)24(29)18-31-17-21-10-12-22(26)13-11-21/h5-13,19,23H,4,14-18H2,1-3H3,(H,27,30)/t23-/m0/s1. The zero-order valence-corrected chi connectivity index (χ0v) is 21.0. The smallest absolute Gasteiger partial charge is 0.242 e. The summed E-state index contributed by atoms with van der Waals surface area (Å²) < 4.78 is 1.04. The molecular weight excluding hydrogens is 472 g/mol. The van der Waals surface area contributed by atoms with Crippen LogP contribution in [-0.4, -0.2) is 41.6 Å². The second-order valence-electron chi connectivity index (χ2n) is 8.01. The van der Waals surface area contributed by atoms with Crippen molar-refractivity contribution in [3.05, 3.63) is 70.2 Å². The van der Waals surface area contributed by atoms with Crippen LogP contribution in [0.5, 0.6) is 0 Å². The van der Waals surface area contributed by atoms with Crippen molar-refractivity contribution in [2.24, 2.45) is 5.92 Å². The van der Waals surface area contributed by atoms with Gasteiger partial charge in [0.2, 0.25) is 11.8 Å². The summed E-state index contributed by atoms with van der Waals surface area (Å²) in [7, 11) is 0. The van der Waals surface area contributed by atoms with E-state index in [0.29, 0.717) is 31.2 Å². The normalized spacial score (nSPS) is 11.9. The number of halogens is 1. The maximum Gasteiger partial charge on any atom is 0.242 e. The molecule has 4 nitrogen and oxygen atoms in total. The molecule has 0 saturated heterocycles. The molecule has 0 heterocycles. The van der Waals surface area contributed by atoms with E-state index in [2.05, 4.69) is 59.4 Å². The molecule has 0 aliphatic carbocycles. The van der Waals surface area contributed by atoms with Gasteiger partial charge in [0.05, 0.1) is 5.75 Å². The van der Waals surface area contributed by atoms with E-state index in [1.165, 1.54) is 11.1 Å². The van der Waals surface area contributed by atoms with Gasteiger partial charge in [-0.25, -0.2) is 0 Å². The lowest BCUT2D eigenvalue weighted by Crippen LogP contribution is -2.51. The summed E-state index contributed by atoms with van der Waals surface area (Å²) in [6.07, 6.45) is 1.33. The number of carbonyl (C=O) groups is 2. The molecule has 2 amide bonds. The van der Waals surface area contributed by atoms with Crippen LogP contribution in [0.2, 0.25) is 0 Å². The molecule has 6 heteroatoms. The molecule has 2 aromatic carbocycles. The van der Waals surface area contributed by atoms with Crippen LogP contribution in [0.3, 0.4) is 0 Å². The van der Waals surface area contributed by atoms with Crippen LogP contribution in [-0.2, 0) is 21.8 Å². The Morgan fingerprint density at radius 2 is 1.71 bits per heavy atom. The number of carbonyl (C=O) groups excluding carboxylic acids is 2. The second kappa shape index (κ2) is 13.6. The van der Waals surface area contributed by atoms with Crippen LogP contribution in [0.15, 0.2) is 59.1 Å². The molecule has 0 spiro atoms. The minimum Gasteiger partial charge on any atom is -0.354 e. The van der Waals surface area contributed by atoms with Gasteiger partial charge in [-0.1, -0.05) is 79.2 Å². The number of nitrogens with one attached hydrogen (secondary N) is 1. The Morgan fingerprint density at radius 3 is 2.32 bits per heavy atom. The molecule has 168 valence electrons. The van der Waals surface area contributed by atoms with Gasteiger partial charge in [-0.15, -0.1) is 11.8 Å². The third-order valence-corrected chi connectivity index (χ3v) is 6.48. The lowest BCUT2D eigenvalue weighted by atomic mass is 10.1. The van der Waals surface area contributed by atoms with Gasteiger partial charge in [0.25, 0.3) is 0 Å². The van der Waals surface area contributed by atoms with Gasteiger partial charge in [-0.2, -0.15) is 0 Å². The second-order valence-corrected chi connectivity index (χ2v) is 9.91. The third kappa shape index (κ3) is 9.08. The summed E-state index contributed by atoms with van der Waals surface area (Å²) in [4.78, 5) is 27.8. The molecule has 0 saturated carbocycles. The molecule has 0 aliphatic heterocycles. The molecule has 0 aliphatic rings. The largest absolute Gasteiger partial charge is 0.354 e. The van der Waals surface area contributed by atoms with Crippen molar-refractivity contribution in [1.82, 2.24) is 10.2 Å². The van der Waals surface area contributed by atoms with Gasteiger partial charge in [-0.3, -0.25) is 9.59 Å². The van der Waals surface area contributed by atoms with E-state index in [4.69, 9.17) is 0 Å². The highest BCUT2D eigenvalue weighted by Crippen LogP contribution is 2.18. The lowest BCUT2D eigenvalue weighted by molar-refractivity contribution is -0.138. The van der Waals surface area contributed by atoms with Crippen LogP contribution in [0, 0.1) is 5.92 Å². The number of benzene rings is 2. The molecule has 0 radical (unpaired) electrons. The molecule has 1 N–H and O–H groups in total. The van der Waals surface area contributed by atoms with E-state index >= 15 is 0 Å². The first kappa shape index (κ1) is 25.5. The molecule has 0 aromatic heterocycles. The summed E-state index contributed by atoms with van der Waals surface area (Å²) >= 11 is 5.04. The van der Waals surface area contributed by atoms with Gasteiger partial charge in [-0.05, 0) is 42.0 Å². The Balaban J connectivity index is 2.03. The van der Waals surface area contributed by atoms with Crippen molar-refractivity contribution in [3.8, 4) is 0 Å². The van der Waals surface area contributed by atoms with Crippen molar-refractivity contribution < 1.29 is 9.59 Å². The van der Waals surface area contributed by atoms with E-state index in [1.807, 2.05) is 37.3 Å². The van der Waals surface area contributed by atoms with Gasteiger partial charge in [0, 0.05) is 23.3 Å². The summed E-state index contributed by atoms with van der Waals surface area (Å²) in [6, 6.07) is 17.8. The fraction of sp³-hybridized carbons (Fsp3) is 0.440. The minimum absolute atomic E-state index is 0.0181. The van der Waals surface area contributed by atoms with Crippen LogP contribution in [0.4, 0.5) is 0 Å². The van der Waals surface area contributed by atoms with Crippen LogP contribution >= 0.6 is 27.7 Å². The van der Waals surface area contributed by atoms with E-state index in [1.54, 1.807) is 16.7 Å². The Hall–Kier alpha value is -1.79. The van der Waals surface area contributed by atoms with E-state index in [9.17, 15) is 9.59 Å². The summed E-state index contributed by atoms with van der Waals surface area (Å²) in [5.41, 5.74) is 2.35. The lowest BCUT2D eigenvalue weighted by Gasteiger charge is -2.31. The average Bonchev–Trinajstić information content (AvgIpc) is 2.77. The van der Waals surface area contributed by atoms with Crippen LogP contribution in [0.25, 0.3) is 0 Å². The summed E-state index contributed by atoms with van der Waals surface area (Å²) in [6.45, 7) is 7.26. The van der Waals surface area contributed by atoms with Crippen LogP contribution in [0.1, 0.15) is 38.3 Å². The van der Waals surface area contributed by atoms with Gasteiger partial charge in [0.1, 0.15) is 6.04 Å². The molecule has 1 atom stereocenters. The molecule has 31 heavy (non-hydrogen) atoms. The maximum absolute atomic E-state index is 13.2. The summed E-state index contributed by atoms with van der Waals surface area (Å²) in [5, 5.41) is 3.01. The number of rotatable bonds is 12. The van der Waals surface area contributed by atoms with Crippen molar-refractivity contribution in [3.63, 3.8) is 0 Å². The van der Waals surface area contributed by atoms with Crippen molar-refractivity contribution in [2.45, 2.75) is 45.4 Å². The van der Waals surface area contributed by atoms with Gasteiger partial charge < -0.3 is 10.2 Å². The molecule has 2 rings (SSSR count). The maximum atomic E-state index is 13.2. The molecule has 0 fully saturated rings. The first-order valence-electron chi connectivity index (χ1n) is 10.8. The number of hydrogen-bond acceptors (Lipinski definition) is 3. The highest BCUT2D eigenvalue weighted by atomic mass is 79.9. The topological polar surface area (TPSA) is 49.4 Å². The zero-order valence-electron chi connectivity index (χ0n) is 18.6. The molecular formula is C25H33BrN2O2S. The third-order valence-electron chi connectivity index (χ3n) is 4.96. The first-order chi connectivity index (χ1) is 14.9. The number of thioether (sulfide) groups is 1. The zero-order chi connectivity index (χ0) is 22.6. The fourth-order valence-electron chi connectivity index (χ4n) is 3.24. The first-order valence-corrected chi connectivity index (χ1v) is 12.8. The van der Waals surface area contributed by atoms with Crippen LogP contribution < -0.4 is 5.32 Å².